The van der Waals surface area contributed by atoms with Gasteiger partial charge in [-0.2, -0.15) is 0 Å². The molecule has 1 aromatic rings. The molecule has 5 nitrogen and oxygen atoms in total. The van der Waals surface area contributed by atoms with E-state index in [4.69, 9.17) is 15.2 Å². The topological polar surface area (TPSA) is 70.8 Å². The fourth-order valence-corrected chi connectivity index (χ4v) is 1.53. The second-order valence-corrected chi connectivity index (χ2v) is 4.11. The van der Waals surface area contributed by atoms with E-state index in [2.05, 4.69) is 4.74 Å². The van der Waals surface area contributed by atoms with Gasteiger partial charge in [-0.3, -0.25) is 0 Å². The van der Waals surface area contributed by atoms with Crippen LogP contribution in [-0.2, 0) is 16.1 Å². The molecule has 0 spiro atoms. The summed E-state index contributed by atoms with van der Waals surface area (Å²) in [5.74, 6) is 0.822. The van der Waals surface area contributed by atoms with E-state index >= 15 is 0 Å². The molecule has 0 radical (unpaired) electrons. The van der Waals surface area contributed by atoms with E-state index in [0.717, 1.165) is 12.0 Å². The fraction of sp³-hybridized carbons (Fsp3) is 0.500. The molecule has 0 aliphatic carbocycles. The summed E-state index contributed by atoms with van der Waals surface area (Å²) in [5.41, 5.74) is 6.47. The van der Waals surface area contributed by atoms with Gasteiger partial charge in [0.05, 0.1) is 13.7 Å². The molecule has 0 bridgehead atoms. The van der Waals surface area contributed by atoms with Crippen LogP contribution in [0, 0.1) is 0 Å². The van der Waals surface area contributed by atoms with E-state index in [1.54, 1.807) is 13.0 Å². The Balaban J connectivity index is 2.86. The van der Waals surface area contributed by atoms with Crippen LogP contribution in [0.15, 0.2) is 18.2 Å². The SMILES string of the molecule is CCCOc1ccc(CN)c(OC(C)C(=O)OC)c1. The quantitative estimate of drug-likeness (QED) is 0.764. The Bertz CT molecular complexity index is 420. The maximum Gasteiger partial charge on any atom is 0.346 e. The van der Waals surface area contributed by atoms with Crippen molar-refractivity contribution in [1.82, 2.24) is 0 Å². The van der Waals surface area contributed by atoms with Gasteiger partial charge in [-0.05, 0) is 19.4 Å². The summed E-state index contributed by atoms with van der Waals surface area (Å²) in [6.45, 7) is 4.63. The number of esters is 1. The molecule has 5 heteroatoms. The number of hydrogen-bond acceptors (Lipinski definition) is 5. The number of methoxy groups -OCH3 is 1. The highest BCUT2D eigenvalue weighted by atomic mass is 16.6. The fourth-order valence-electron chi connectivity index (χ4n) is 1.53. The van der Waals surface area contributed by atoms with Gasteiger partial charge >= 0.3 is 5.97 Å². The number of rotatable bonds is 7. The van der Waals surface area contributed by atoms with E-state index in [1.807, 2.05) is 19.1 Å². The minimum atomic E-state index is -0.684. The summed E-state index contributed by atoms with van der Waals surface area (Å²) in [6.07, 6.45) is 0.240. The summed E-state index contributed by atoms with van der Waals surface area (Å²) in [6, 6.07) is 5.43. The third-order valence-electron chi connectivity index (χ3n) is 2.57. The number of carbonyl (C=O) groups is 1. The standard InChI is InChI=1S/C14H21NO4/c1-4-7-18-12-6-5-11(9-15)13(8-12)19-10(2)14(16)17-3/h5-6,8,10H,4,7,9,15H2,1-3H3. The number of carbonyl (C=O) groups excluding carboxylic acids is 1. The van der Waals surface area contributed by atoms with Gasteiger partial charge in [0.15, 0.2) is 6.10 Å². The zero-order chi connectivity index (χ0) is 14.3. The van der Waals surface area contributed by atoms with Crippen molar-refractivity contribution in [1.29, 1.82) is 0 Å². The second-order valence-electron chi connectivity index (χ2n) is 4.11. The largest absolute Gasteiger partial charge is 0.493 e. The zero-order valence-electron chi connectivity index (χ0n) is 11.6. The first-order valence-corrected chi connectivity index (χ1v) is 6.32. The molecule has 0 amide bonds. The van der Waals surface area contributed by atoms with Gasteiger partial charge in [0.1, 0.15) is 11.5 Å². The molecule has 1 atom stereocenters. The normalized spacial score (nSPS) is 11.8. The first kappa shape index (κ1) is 15.3. The van der Waals surface area contributed by atoms with E-state index in [1.165, 1.54) is 7.11 Å². The van der Waals surface area contributed by atoms with Gasteiger partial charge < -0.3 is 19.9 Å². The Labute approximate surface area is 113 Å². The van der Waals surface area contributed by atoms with Crippen molar-refractivity contribution in [3.05, 3.63) is 23.8 Å². The van der Waals surface area contributed by atoms with Gasteiger partial charge in [-0.1, -0.05) is 13.0 Å². The third-order valence-corrected chi connectivity index (χ3v) is 2.57. The minimum absolute atomic E-state index is 0.331. The first-order chi connectivity index (χ1) is 9.12. The molecule has 0 saturated carbocycles. The van der Waals surface area contributed by atoms with Gasteiger partial charge in [0.25, 0.3) is 0 Å². The predicted molar refractivity (Wildman–Crippen MR) is 72.2 cm³/mol. The molecule has 2 N–H and O–H groups in total. The van der Waals surface area contributed by atoms with Crippen molar-refractivity contribution in [2.75, 3.05) is 13.7 Å². The molecule has 1 aromatic carbocycles. The van der Waals surface area contributed by atoms with E-state index in [0.29, 0.717) is 24.7 Å². The first-order valence-electron chi connectivity index (χ1n) is 6.32. The van der Waals surface area contributed by atoms with Crippen LogP contribution in [0.2, 0.25) is 0 Å². The molecule has 0 heterocycles. The summed E-state index contributed by atoms with van der Waals surface area (Å²) < 4.78 is 15.7. The van der Waals surface area contributed by atoms with Crippen LogP contribution in [0.5, 0.6) is 11.5 Å². The number of ether oxygens (including phenoxy) is 3. The lowest BCUT2D eigenvalue weighted by atomic mass is 10.2. The lowest BCUT2D eigenvalue weighted by molar-refractivity contribution is -0.147. The molecular formula is C14H21NO4. The maximum absolute atomic E-state index is 11.4. The lowest BCUT2D eigenvalue weighted by Crippen LogP contribution is -2.25. The molecular weight excluding hydrogens is 246 g/mol. The van der Waals surface area contributed by atoms with Crippen molar-refractivity contribution in [2.24, 2.45) is 5.73 Å². The molecule has 0 aliphatic heterocycles. The van der Waals surface area contributed by atoms with Gasteiger partial charge in [0, 0.05) is 18.2 Å². The molecule has 1 unspecified atom stereocenters. The van der Waals surface area contributed by atoms with Crippen molar-refractivity contribution in [3.8, 4) is 11.5 Å². The number of hydrogen-bond donors (Lipinski definition) is 1. The van der Waals surface area contributed by atoms with E-state index in [-0.39, 0.29) is 0 Å². The highest BCUT2D eigenvalue weighted by molar-refractivity contribution is 5.74. The molecule has 0 aromatic heterocycles. The average molecular weight is 267 g/mol. The van der Waals surface area contributed by atoms with Crippen LogP contribution in [0.1, 0.15) is 25.8 Å². The van der Waals surface area contributed by atoms with Crippen molar-refractivity contribution in [2.45, 2.75) is 32.9 Å². The van der Waals surface area contributed by atoms with Gasteiger partial charge in [-0.15, -0.1) is 0 Å². The van der Waals surface area contributed by atoms with Crippen LogP contribution in [0.4, 0.5) is 0 Å². The molecule has 1 rings (SSSR count). The summed E-state index contributed by atoms with van der Waals surface area (Å²) in [4.78, 5) is 11.4. The third kappa shape index (κ3) is 4.44. The highest BCUT2D eigenvalue weighted by Crippen LogP contribution is 2.26. The van der Waals surface area contributed by atoms with Crippen LogP contribution in [-0.4, -0.2) is 25.8 Å². The smallest absolute Gasteiger partial charge is 0.346 e. The maximum atomic E-state index is 11.4. The molecule has 19 heavy (non-hydrogen) atoms. The molecule has 0 saturated heterocycles. The summed E-state index contributed by atoms with van der Waals surface area (Å²) in [5, 5.41) is 0. The van der Waals surface area contributed by atoms with Gasteiger partial charge in [0.2, 0.25) is 0 Å². The van der Waals surface area contributed by atoms with Crippen LogP contribution < -0.4 is 15.2 Å². The van der Waals surface area contributed by atoms with Crippen LogP contribution in [0.3, 0.4) is 0 Å². The molecule has 0 aliphatic rings. The Morgan fingerprint density at radius 3 is 2.74 bits per heavy atom. The summed E-state index contributed by atoms with van der Waals surface area (Å²) >= 11 is 0. The zero-order valence-corrected chi connectivity index (χ0v) is 11.6. The van der Waals surface area contributed by atoms with Crippen LogP contribution in [0.25, 0.3) is 0 Å². The Morgan fingerprint density at radius 1 is 1.42 bits per heavy atom. The molecule has 0 fully saturated rings. The number of benzene rings is 1. The predicted octanol–water partition coefficient (Wildman–Crippen LogP) is 1.87. The Kier molecular flexibility index (Phi) is 6.15. The monoisotopic (exact) mass is 267 g/mol. The average Bonchev–Trinajstić information content (AvgIpc) is 2.44. The minimum Gasteiger partial charge on any atom is -0.493 e. The van der Waals surface area contributed by atoms with E-state index < -0.39 is 12.1 Å². The van der Waals surface area contributed by atoms with Crippen molar-refractivity contribution < 1.29 is 19.0 Å². The van der Waals surface area contributed by atoms with Gasteiger partial charge in [-0.25, -0.2) is 4.79 Å². The summed E-state index contributed by atoms with van der Waals surface area (Å²) in [7, 11) is 1.33. The van der Waals surface area contributed by atoms with Crippen molar-refractivity contribution >= 4 is 5.97 Å². The second kappa shape index (κ2) is 7.63. The Morgan fingerprint density at radius 2 is 2.16 bits per heavy atom. The highest BCUT2D eigenvalue weighted by Gasteiger charge is 2.16. The number of nitrogens with two attached hydrogens (primary N) is 1. The Hall–Kier alpha value is -1.75. The molecule has 106 valence electrons. The van der Waals surface area contributed by atoms with Crippen molar-refractivity contribution in [3.63, 3.8) is 0 Å². The lowest BCUT2D eigenvalue weighted by Gasteiger charge is -2.16. The van der Waals surface area contributed by atoms with E-state index in [9.17, 15) is 4.79 Å². The van der Waals surface area contributed by atoms with Crippen LogP contribution >= 0.6 is 0 Å².